The Morgan fingerprint density at radius 3 is 2.65 bits per heavy atom. The van der Waals surface area contributed by atoms with Crippen LogP contribution >= 0.6 is 0 Å². The third-order valence-corrected chi connectivity index (χ3v) is 3.13. The van der Waals surface area contributed by atoms with Gasteiger partial charge >= 0.3 is 5.97 Å². The van der Waals surface area contributed by atoms with Crippen LogP contribution in [0.3, 0.4) is 0 Å². The summed E-state index contributed by atoms with van der Waals surface area (Å²) in [7, 11) is 1.86. The maximum absolute atomic E-state index is 11.3. The summed E-state index contributed by atoms with van der Waals surface area (Å²) >= 11 is 0. The van der Waals surface area contributed by atoms with Crippen LogP contribution < -0.4 is 0 Å². The quantitative estimate of drug-likeness (QED) is 0.864. The number of aryl methyl sites for hydroxylation is 2. The van der Waals surface area contributed by atoms with E-state index in [1.165, 1.54) is 0 Å². The lowest BCUT2D eigenvalue weighted by atomic mass is 9.93. The van der Waals surface area contributed by atoms with Gasteiger partial charge in [0.15, 0.2) is 0 Å². The first-order valence-corrected chi connectivity index (χ1v) is 5.51. The Morgan fingerprint density at radius 1 is 1.41 bits per heavy atom. The highest BCUT2D eigenvalue weighted by Gasteiger charge is 2.34. The molecule has 0 radical (unpaired) electrons. The largest absolute Gasteiger partial charge is 0.481 e. The monoisotopic (exact) mass is 232 g/mol. The molecule has 0 saturated carbocycles. The Morgan fingerprint density at radius 2 is 2.06 bits per heavy atom. The van der Waals surface area contributed by atoms with Crippen molar-refractivity contribution in [1.82, 2.24) is 9.55 Å². The minimum atomic E-state index is -0.984. The van der Waals surface area contributed by atoms with E-state index in [9.17, 15) is 9.90 Å². The standard InChI is InChI=1S/C13H16N2O2/c1-8-5-6-9-10(7-8)15(4)11(14-9)13(2,3)12(16)17/h5-7H,1-4H3,(H,16,17). The molecule has 0 spiro atoms. The highest BCUT2D eigenvalue weighted by atomic mass is 16.4. The number of carboxylic acids is 1. The maximum Gasteiger partial charge on any atom is 0.316 e. The van der Waals surface area contributed by atoms with Crippen molar-refractivity contribution in [3.8, 4) is 0 Å². The van der Waals surface area contributed by atoms with Crippen LogP contribution in [0, 0.1) is 6.92 Å². The molecule has 0 aliphatic heterocycles. The Kier molecular flexibility index (Phi) is 2.45. The Balaban J connectivity index is 2.72. The van der Waals surface area contributed by atoms with Crippen molar-refractivity contribution in [2.45, 2.75) is 26.2 Å². The molecule has 0 saturated heterocycles. The number of nitrogens with zero attached hydrogens (tertiary/aromatic N) is 2. The van der Waals surface area contributed by atoms with E-state index in [0.717, 1.165) is 16.6 Å². The number of hydrogen-bond donors (Lipinski definition) is 1. The van der Waals surface area contributed by atoms with Crippen molar-refractivity contribution in [3.63, 3.8) is 0 Å². The molecule has 1 heterocycles. The maximum atomic E-state index is 11.3. The van der Waals surface area contributed by atoms with Crippen LogP contribution in [0.4, 0.5) is 0 Å². The average Bonchev–Trinajstić information content (AvgIpc) is 2.56. The van der Waals surface area contributed by atoms with Crippen LogP contribution in [-0.4, -0.2) is 20.6 Å². The van der Waals surface area contributed by atoms with E-state index in [1.54, 1.807) is 13.8 Å². The molecule has 4 heteroatoms. The number of hydrogen-bond acceptors (Lipinski definition) is 2. The minimum absolute atomic E-state index is 0.575. The normalized spacial score (nSPS) is 12.0. The van der Waals surface area contributed by atoms with Crippen LogP contribution in [0.1, 0.15) is 25.2 Å². The zero-order valence-corrected chi connectivity index (χ0v) is 10.5. The lowest BCUT2D eigenvalue weighted by molar-refractivity contribution is -0.142. The molecule has 1 N–H and O–H groups in total. The van der Waals surface area contributed by atoms with Crippen molar-refractivity contribution in [2.24, 2.45) is 7.05 Å². The van der Waals surface area contributed by atoms with Gasteiger partial charge in [-0.05, 0) is 38.5 Å². The third-order valence-electron chi connectivity index (χ3n) is 3.13. The molecule has 0 amide bonds. The molecule has 0 unspecified atom stereocenters. The minimum Gasteiger partial charge on any atom is -0.481 e. The molecule has 2 aromatic rings. The van der Waals surface area contributed by atoms with Gasteiger partial charge in [0.05, 0.1) is 11.0 Å². The highest BCUT2D eigenvalue weighted by molar-refractivity contribution is 5.83. The second kappa shape index (κ2) is 3.58. The van der Waals surface area contributed by atoms with Crippen LogP contribution in [0.5, 0.6) is 0 Å². The average molecular weight is 232 g/mol. The first kappa shape index (κ1) is 11.6. The molecule has 0 aliphatic rings. The summed E-state index contributed by atoms with van der Waals surface area (Å²) in [4.78, 5) is 15.7. The SMILES string of the molecule is Cc1ccc2nc(C(C)(C)C(=O)O)n(C)c2c1. The molecule has 90 valence electrons. The van der Waals surface area contributed by atoms with E-state index in [-0.39, 0.29) is 0 Å². The molecule has 0 aliphatic carbocycles. The van der Waals surface area contributed by atoms with Gasteiger partial charge in [-0.1, -0.05) is 6.07 Å². The van der Waals surface area contributed by atoms with Gasteiger partial charge in [0.2, 0.25) is 0 Å². The van der Waals surface area contributed by atoms with E-state index in [2.05, 4.69) is 4.98 Å². The van der Waals surface area contributed by atoms with E-state index in [4.69, 9.17) is 0 Å². The summed E-state index contributed by atoms with van der Waals surface area (Å²) in [5.74, 6) is -0.293. The number of aliphatic carboxylic acids is 1. The van der Waals surface area contributed by atoms with Crippen molar-refractivity contribution < 1.29 is 9.90 Å². The summed E-state index contributed by atoms with van der Waals surface area (Å²) in [6, 6.07) is 5.92. The molecular formula is C13H16N2O2. The number of rotatable bonds is 2. The molecule has 1 aromatic carbocycles. The lowest BCUT2D eigenvalue weighted by Crippen LogP contribution is -2.31. The van der Waals surface area contributed by atoms with E-state index < -0.39 is 11.4 Å². The van der Waals surface area contributed by atoms with E-state index >= 15 is 0 Å². The van der Waals surface area contributed by atoms with Gasteiger partial charge in [-0.25, -0.2) is 4.98 Å². The topological polar surface area (TPSA) is 55.1 Å². The van der Waals surface area contributed by atoms with Crippen LogP contribution in [0.15, 0.2) is 18.2 Å². The Labute approximate surface area is 99.9 Å². The van der Waals surface area contributed by atoms with Gasteiger partial charge in [-0.2, -0.15) is 0 Å². The predicted molar refractivity (Wildman–Crippen MR) is 66.1 cm³/mol. The number of aromatic nitrogens is 2. The Bertz CT molecular complexity index is 597. The molecular weight excluding hydrogens is 216 g/mol. The van der Waals surface area contributed by atoms with Gasteiger partial charge in [0, 0.05) is 7.05 Å². The fraction of sp³-hybridized carbons (Fsp3) is 0.385. The smallest absolute Gasteiger partial charge is 0.316 e. The van der Waals surface area contributed by atoms with Crippen LogP contribution in [0.2, 0.25) is 0 Å². The van der Waals surface area contributed by atoms with Gasteiger partial charge in [0.25, 0.3) is 0 Å². The highest BCUT2D eigenvalue weighted by Crippen LogP contribution is 2.26. The summed E-state index contributed by atoms with van der Waals surface area (Å²) in [5.41, 5.74) is 1.96. The Hall–Kier alpha value is -1.84. The van der Waals surface area contributed by atoms with Gasteiger partial charge < -0.3 is 9.67 Å². The zero-order valence-electron chi connectivity index (χ0n) is 10.5. The number of benzene rings is 1. The molecule has 0 fully saturated rings. The summed E-state index contributed by atoms with van der Waals surface area (Å²) in [6.07, 6.45) is 0. The fourth-order valence-electron chi connectivity index (χ4n) is 1.95. The van der Waals surface area contributed by atoms with Crippen molar-refractivity contribution in [3.05, 3.63) is 29.6 Å². The molecule has 1 aromatic heterocycles. The summed E-state index contributed by atoms with van der Waals surface area (Å²) in [5, 5.41) is 9.25. The summed E-state index contributed by atoms with van der Waals surface area (Å²) in [6.45, 7) is 5.35. The van der Waals surface area contributed by atoms with Crippen molar-refractivity contribution in [1.29, 1.82) is 0 Å². The number of imidazole rings is 1. The lowest BCUT2D eigenvalue weighted by Gasteiger charge is -2.18. The van der Waals surface area contributed by atoms with E-state index in [1.807, 2.05) is 36.7 Å². The zero-order chi connectivity index (χ0) is 12.8. The molecule has 0 atom stereocenters. The fourth-order valence-corrected chi connectivity index (χ4v) is 1.95. The predicted octanol–water partition coefficient (Wildman–Crippen LogP) is 2.24. The van der Waals surface area contributed by atoms with Gasteiger partial charge in [-0.3, -0.25) is 4.79 Å². The van der Waals surface area contributed by atoms with Crippen molar-refractivity contribution in [2.75, 3.05) is 0 Å². The number of fused-ring (bicyclic) bond motifs is 1. The van der Waals surface area contributed by atoms with Gasteiger partial charge in [0.1, 0.15) is 11.2 Å². The molecule has 17 heavy (non-hydrogen) atoms. The van der Waals surface area contributed by atoms with Crippen LogP contribution in [-0.2, 0) is 17.3 Å². The number of carbonyl (C=O) groups is 1. The third kappa shape index (κ3) is 1.69. The molecule has 0 bridgehead atoms. The van der Waals surface area contributed by atoms with Gasteiger partial charge in [-0.15, -0.1) is 0 Å². The molecule has 2 rings (SSSR count). The first-order valence-electron chi connectivity index (χ1n) is 5.51. The van der Waals surface area contributed by atoms with Crippen LogP contribution in [0.25, 0.3) is 11.0 Å². The van der Waals surface area contributed by atoms with Crippen molar-refractivity contribution >= 4 is 17.0 Å². The second-order valence-corrected chi connectivity index (χ2v) is 4.92. The first-order chi connectivity index (χ1) is 7.84. The summed E-state index contributed by atoms with van der Waals surface area (Å²) < 4.78 is 1.86. The number of carboxylic acid groups (broad SMARTS) is 1. The molecule has 4 nitrogen and oxygen atoms in total. The van der Waals surface area contributed by atoms with E-state index in [0.29, 0.717) is 5.82 Å². The second-order valence-electron chi connectivity index (χ2n) is 4.92.